The van der Waals surface area contributed by atoms with Crippen LogP contribution in [0.3, 0.4) is 0 Å². The van der Waals surface area contributed by atoms with Crippen LogP contribution in [0, 0.1) is 27.0 Å². The monoisotopic (exact) mass is 953 g/mol. The van der Waals surface area contributed by atoms with Crippen LogP contribution in [0.15, 0.2) is 61.2 Å². The summed E-state index contributed by atoms with van der Waals surface area (Å²) < 4.78 is 16.3. The van der Waals surface area contributed by atoms with E-state index in [1.54, 1.807) is 0 Å². The average Bonchev–Trinajstić information content (AvgIpc) is 4.10. The molecule has 2 saturated carbocycles. The molecule has 2 aliphatic carbocycles. The zero-order chi connectivity index (χ0) is 48.6. The van der Waals surface area contributed by atoms with Gasteiger partial charge in [0.1, 0.15) is 13.5 Å². The van der Waals surface area contributed by atoms with Crippen molar-refractivity contribution in [3.63, 3.8) is 0 Å². The number of benzene rings is 2. The molecule has 360 valence electrons. The fourth-order valence-electron chi connectivity index (χ4n) is 9.08. The van der Waals surface area contributed by atoms with E-state index in [-0.39, 0.29) is 12.1 Å². The number of nitrogens with zero attached hydrogens (tertiary/aromatic N) is 8. The van der Waals surface area contributed by atoms with Crippen molar-refractivity contribution in [2.45, 2.75) is 148 Å². The Bertz CT molecular complexity index is 2760. The predicted molar refractivity (Wildman–Crippen MR) is 284 cm³/mol. The van der Waals surface area contributed by atoms with Gasteiger partial charge in [-0.1, -0.05) is 70.5 Å². The van der Waals surface area contributed by atoms with Crippen LogP contribution >= 0.6 is 0 Å². The number of ether oxygens (including phenoxy) is 2. The molecule has 14 nitrogen and oxygen atoms in total. The fraction of sp³-hybridized carbons (Fsp3) is 0.500. The van der Waals surface area contributed by atoms with Gasteiger partial charge in [-0.2, -0.15) is 0 Å². The van der Waals surface area contributed by atoms with Crippen molar-refractivity contribution in [3.8, 4) is 22.5 Å². The van der Waals surface area contributed by atoms with Gasteiger partial charge in [-0.3, -0.25) is 0 Å². The van der Waals surface area contributed by atoms with Crippen LogP contribution in [0.1, 0.15) is 56.6 Å². The highest BCUT2D eigenvalue weighted by molar-refractivity contribution is 6.76. The lowest BCUT2D eigenvalue weighted by atomic mass is 10.1. The molecule has 4 aromatic heterocycles. The van der Waals surface area contributed by atoms with E-state index in [0.29, 0.717) is 48.8 Å². The molecular weight excluding hydrogens is 881 g/mol. The molecule has 0 radical (unpaired) electrons. The second kappa shape index (κ2) is 22.3. The van der Waals surface area contributed by atoms with Crippen LogP contribution in [-0.2, 0) is 22.9 Å². The highest BCUT2D eigenvalue weighted by Crippen LogP contribution is 2.36. The Balaban J connectivity index is 0.000000202. The van der Waals surface area contributed by atoms with Gasteiger partial charge in [0.2, 0.25) is 11.9 Å². The normalized spacial score (nSPS) is 18.4. The number of hydrogen-bond donors (Lipinski definition) is 4. The molecule has 0 amide bonds. The predicted octanol–water partition coefficient (Wildman–Crippen LogP) is 11.8. The summed E-state index contributed by atoms with van der Waals surface area (Å²) in [5.74, 6) is 1.29. The first-order chi connectivity index (χ1) is 32.5. The van der Waals surface area contributed by atoms with Gasteiger partial charge in [0.25, 0.3) is 0 Å². The molecule has 16 heteroatoms. The van der Waals surface area contributed by atoms with Crippen LogP contribution in [0.5, 0.6) is 0 Å². The Labute approximate surface area is 405 Å². The van der Waals surface area contributed by atoms with Gasteiger partial charge in [-0.25, -0.2) is 29.6 Å². The number of rotatable bonds is 18. The van der Waals surface area contributed by atoms with Crippen molar-refractivity contribution in [2.75, 3.05) is 30.4 Å². The molecule has 2 aromatic carbocycles. The first kappa shape index (κ1) is 50.4. The van der Waals surface area contributed by atoms with E-state index in [0.717, 1.165) is 113 Å². The third-order valence-corrected chi connectivity index (χ3v) is 16.5. The average molecular weight is 953 g/mol. The molecule has 0 unspecified atom stereocenters. The number of likely N-dealkylation sites (N-methyl/N-ethyl adjacent to an activating group) is 1. The van der Waals surface area contributed by atoms with E-state index in [4.69, 9.17) is 38.3 Å². The van der Waals surface area contributed by atoms with Crippen LogP contribution in [0.2, 0.25) is 51.4 Å². The third-order valence-electron chi connectivity index (χ3n) is 13.1. The first-order valence-corrected chi connectivity index (χ1v) is 31.8. The lowest BCUT2D eigenvalue weighted by molar-refractivity contribution is 0.0902. The zero-order valence-electron chi connectivity index (χ0n) is 41.7. The molecule has 0 spiro atoms. The van der Waals surface area contributed by atoms with Crippen LogP contribution in [-0.4, -0.2) is 89.1 Å². The van der Waals surface area contributed by atoms with Crippen LogP contribution in [0.4, 0.5) is 23.3 Å². The largest absolute Gasteiger partial charge is 0.361 e. The molecule has 0 bridgehead atoms. The number of nitrogens with one attached hydrogen (secondary N) is 3. The molecule has 4 atom stereocenters. The number of fused-ring (bicyclic) bond motifs is 2. The lowest BCUT2D eigenvalue weighted by Gasteiger charge is -2.22. The maximum absolute atomic E-state index is 7.47. The van der Waals surface area contributed by atoms with Crippen LogP contribution in [0.25, 0.3) is 54.0 Å². The Hall–Kier alpha value is -5.47. The molecule has 68 heavy (non-hydrogen) atoms. The molecular formula is C52H72N12O2Si2. The fourth-order valence-corrected chi connectivity index (χ4v) is 10.6. The molecule has 8 rings (SSSR count). The van der Waals surface area contributed by atoms with Gasteiger partial charge in [0.05, 0.1) is 24.5 Å². The van der Waals surface area contributed by atoms with Gasteiger partial charge >= 0.3 is 0 Å². The molecule has 6 aromatic rings. The van der Waals surface area contributed by atoms with E-state index in [1.807, 2.05) is 55.7 Å². The Morgan fingerprint density at radius 2 is 1.13 bits per heavy atom. The number of aromatic nitrogens is 6. The van der Waals surface area contributed by atoms with E-state index >= 15 is 0 Å². The molecule has 2 aliphatic rings. The van der Waals surface area contributed by atoms with Gasteiger partial charge in [0, 0.05) is 111 Å². The highest BCUT2D eigenvalue weighted by Gasteiger charge is 2.28. The summed E-state index contributed by atoms with van der Waals surface area (Å²) in [7, 11) is -2.31. The molecule has 2 fully saturated rings. The summed E-state index contributed by atoms with van der Waals surface area (Å²) in [5, 5.41) is 12.8. The number of aryl methyl sites for hydroxylation is 2. The standard InChI is InChI=1S/C27H38N6OSi.C25H34N6OSi/c1-7-29-23-9-8-10-24(23)31-27-30-16-19(2)26(32-27)22-17-33(18-34-13-14-35(4,5)6)25-15-20(28-3)11-12-21(22)25;1-17-14-28-25(29-22-8-6-7-21(22)26)30-24(17)20-15-31(16-32-11-12-33(3,4)5)23-13-18(27-2)9-10-19(20)23/h11-12,15-17,23-24,29H,7-10,13-14,18H2,1-2,4-6H3,(H,30,31,32);9-10,13-15,21-22H,6-8,11-12,16,26H2,1,3-5H3,(H,28,29,30)/t23-,24-;21-,22-/m00/s1. The van der Waals surface area contributed by atoms with Gasteiger partial charge in [-0.15, -0.1) is 0 Å². The topological polar surface area (TPSA) is 151 Å². The molecule has 5 N–H and O–H groups in total. The molecule has 0 saturated heterocycles. The maximum atomic E-state index is 7.47. The first-order valence-electron chi connectivity index (χ1n) is 24.4. The summed E-state index contributed by atoms with van der Waals surface area (Å²) in [6.45, 7) is 38.6. The minimum Gasteiger partial charge on any atom is -0.361 e. The van der Waals surface area contributed by atoms with Crippen LogP contribution < -0.4 is 21.7 Å². The highest BCUT2D eigenvalue weighted by atomic mass is 28.3. The Morgan fingerprint density at radius 3 is 1.57 bits per heavy atom. The maximum Gasteiger partial charge on any atom is 0.223 e. The third kappa shape index (κ3) is 12.8. The quantitative estimate of drug-likeness (QED) is 0.0372. The second-order valence-electron chi connectivity index (χ2n) is 21.0. The van der Waals surface area contributed by atoms with Crippen molar-refractivity contribution in [1.29, 1.82) is 0 Å². The number of anilines is 2. The molecule has 0 aliphatic heterocycles. The minimum absolute atomic E-state index is 0.139. The summed E-state index contributed by atoms with van der Waals surface area (Å²) in [5.41, 5.74) is 15.4. The number of hydrogen-bond acceptors (Lipinski definition) is 10. The number of nitrogens with two attached hydrogens (primary N) is 1. The summed E-state index contributed by atoms with van der Waals surface area (Å²) in [6, 6.07) is 15.1. The van der Waals surface area contributed by atoms with Gasteiger partial charge in [-0.05, 0) is 94.3 Å². The molecule has 4 heterocycles. The lowest BCUT2D eigenvalue weighted by Crippen LogP contribution is -2.40. The van der Waals surface area contributed by atoms with E-state index in [1.165, 1.54) is 12.8 Å². The SMILES string of the molecule is [C-]#[N+]c1ccc2c(-c3nc(N[C@H]4CCC[C@@H]4N)ncc3C)cn(COCC[Si](C)(C)C)c2c1.[C-]#[N+]c1ccc2c(-c3nc(N[C@H]4CCC[C@@H]4NCC)ncc3C)cn(COCC[Si](C)(C)C)c2c1. The van der Waals surface area contributed by atoms with Crippen molar-refractivity contribution in [3.05, 3.63) is 95.1 Å². The Morgan fingerprint density at radius 1 is 0.676 bits per heavy atom. The smallest absolute Gasteiger partial charge is 0.223 e. The van der Waals surface area contributed by atoms with E-state index in [9.17, 15) is 0 Å². The van der Waals surface area contributed by atoms with E-state index < -0.39 is 16.1 Å². The van der Waals surface area contributed by atoms with Gasteiger partial charge in [0.15, 0.2) is 11.4 Å². The minimum atomic E-state index is -1.15. The van der Waals surface area contributed by atoms with Crippen molar-refractivity contribution < 1.29 is 9.47 Å². The Kier molecular flexibility index (Phi) is 16.5. The van der Waals surface area contributed by atoms with Crippen molar-refractivity contribution >= 4 is 61.2 Å². The van der Waals surface area contributed by atoms with Crippen molar-refractivity contribution in [2.24, 2.45) is 5.73 Å². The van der Waals surface area contributed by atoms with Gasteiger partial charge < -0.3 is 40.3 Å². The van der Waals surface area contributed by atoms with Crippen molar-refractivity contribution in [1.82, 2.24) is 34.4 Å². The summed E-state index contributed by atoms with van der Waals surface area (Å²) in [4.78, 5) is 26.2. The van der Waals surface area contributed by atoms with E-state index in [2.05, 4.69) is 110 Å². The summed E-state index contributed by atoms with van der Waals surface area (Å²) in [6.07, 6.45) is 14.7. The summed E-state index contributed by atoms with van der Waals surface area (Å²) >= 11 is 0. The zero-order valence-corrected chi connectivity index (χ0v) is 43.7. The second-order valence-corrected chi connectivity index (χ2v) is 32.2.